The summed E-state index contributed by atoms with van der Waals surface area (Å²) in [4.78, 5) is 21.7. The summed E-state index contributed by atoms with van der Waals surface area (Å²) < 4.78 is 17.4. The molecule has 1 aromatic carbocycles. The van der Waals surface area contributed by atoms with Gasteiger partial charge in [-0.1, -0.05) is 12.1 Å². The van der Waals surface area contributed by atoms with Gasteiger partial charge in [-0.15, -0.1) is 0 Å². The van der Waals surface area contributed by atoms with Crippen LogP contribution in [0.25, 0.3) is 5.69 Å². The molecule has 174 valence electrons. The van der Waals surface area contributed by atoms with E-state index in [0.717, 1.165) is 47.1 Å². The number of imidazole rings is 1. The van der Waals surface area contributed by atoms with Gasteiger partial charge in [0.2, 0.25) is 0 Å². The second-order valence-electron chi connectivity index (χ2n) is 9.14. The summed E-state index contributed by atoms with van der Waals surface area (Å²) in [7, 11) is 0. The van der Waals surface area contributed by atoms with Crippen molar-refractivity contribution in [3.05, 3.63) is 111 Å². The lowest BCUT2D eigenvalue weighted by Crippen LogP contribution is -2.30. The molecule has 1 saturated carbocycles. The molecule has 0 aliphatic heterocycles. The van der Waals surface area contributed by atoms with Gasteiger partial charge >= 0.3 is 0 Å². The molecule has 0 saturated heterocycles. The standard InChI is InChI=1S/C27H27FN4O2/c1-17-7-19(3-6-25(17)31-13-18(2)30-16-31)8-21-9-23(20-4-5-20)14-32(27(21)34)26(15-33)22-10-24(28)12-29-11-22/h3,6-7,9-14,16,20,26,33H,4-5,8,15H2,1-2H3/t26-/m0/s1. The molecule has 0 unspecified atom stereocenters. The summed E-state index contributed by atoms with van der Waals surface area (Å²) in [5, 5.41) is 10.1. The fraction of sp³-hybridized carbons (Fsp3) is 0.296. The first-order chi connectivity index (χ1) is 16.4. The van der Waals surface area contributed by atoms with Crippen LogP contribution in [0.1, 0.15) is 58.3 Å². The maximum absolute atomic E-state index is 13.8. The summed E-state index contributed by atoms with van der Waals surface area (Å²) >= 11 is 0. The Morgan fingerprint density at radius 3 is 2.62 bits per heavy atom. The van der Waals surface area contributed by atoms with Gasteiger partial charge < -0.3 is 14.2 Å². The van der Waals surface area contributed by atoms with Crippen LogP contribution in [0.5, 0.6) is 0 Å². The Balaban J connectivity index is 1.52. The van der Waals surface area contributed by atoms with Crippen LogP contribution < -0.4 is 5.56 Å². The molecule has 34 heavy (non-hydrogen) atoms. The van der Waals surface area contributed by atoms with Crippen molar-refractivity contribution < 1.29 is 9.50 Å². The molecule has 0 bridgehead atoms. The summed E-state index contributed by atoms with van der Waals surface area (Å²) in [5.41, 5.74) is 6.16. The monoisotopic (exact) mass is 458 g/mol. The van der Waals surface area contributed by atoms with Crippen molar-refractivity contribution in [2.75, 3.05) is 6.61 Å². The lowest BCUT2D eigenvalue weighted by Gasteiger charge is -2.20. The third-order valence-corrected chi connectivity index (χ3v) is 6.45. The highest BCUT2D eigenvalue weighted by Gasteiger charge is 2.27. The van der Waals surface area contributed by atoms with Crippen molar-refractivity contribution >= 4 is 0 Å². The van der Waals surface area contributed by atoms with Crippen molar-refractivity contribution in [2.45, 2.75) is 45.1 Å². The Bertz CT molecular complexity index is 1400. The maximum atomic E-state index is 13.8. The number of hydrogen-bond acceptors (Lipinski definition) is 4. The lowest BCUT2D eigenvalue weighted by molar-refractivity contribution is 0.246. The van der Waals surface area contributed by atoms with Crippen molar-refractivity contribution in [1.82, 2.24) is 19.1 Å². The topological polar surface area (TPSA) is 72.9 Å². The normalized spacial score (nSPS) is 14.4. The molecule has 3 aromatic heterocycles. The summed E-state index contributed by atoms with van der Waals surface area (Å²) in [6.07, 6.45) is 10.9. The zero-order valence-corrected chi connectivity index (χ0v) is 19.3. The molecule has 7 heteroatoms. The highest BCUT2D eigenvalue weighted by atomic mass is 19.1. The predicted molar refractivity (Wildman–Crippen MR) is 128 cm³/mol. The Hall–Kier alpha value is -3.58. The molecule has 0 spiro atoms. The van der Waals surface area contributed by atoms with E-state index in [-0.39, 0.29) is 12.2 Å². The van der Waals surface area contributed by atoms with Gasteiger partial charge in [-0.2, -0.15) is 0 Å². The van der Waals surface area contributed by atoms with Crippen LogP contribution in [-0.4, -0.2) is 30.8 Å². The Morgan fingerprint density at radius 2 is 1.97 bits per heavy atom. The molecule has 1 aliphatic rings. The number of nitrogens with zero attached hydrogens (tertiary/aromatic N) is 4. The molecular weight excluding hydrogens is 431 g/mol. The van der Waals surface area contributed by atoms with Crippen LogP contribution in [0.15, 0.2) is 66.2 Å². The maximum Gasteiger partial charge on any atom is 0.254 e. The van der Waals surface area contributed by atoms with Gasteiger partial charge in [-0.3, -0.25) is 9.78 Å². The molecule has 0 amide bonds. The zero-order valence-electron chi connectivity index (χ0n) is 19.3. The van der Waals surface area contributed by atoms with Gasteiger partial charge in [-0.05, 0) is 73.1 Å². The Morgan fingerprint density at radius 1 is 1.15 bits per heavy atom. The van der Waals surface area contributed by atoms with E-state index in [1.807, 2.05) is 49.0 Å². The molecule has 5 rings (SSSR count). The number of pyridine rings is 2. The van der Waals surface area contributed by atoms with E-state index in [1.165, 1.54) is 12.3 Å². The van der Waals surface area contributed by atoms with Crippen LogP contribution >= 0.6 is 0 Å². The quantitative estimate of drug-likeness (QED) is 0.450. The smallest absolute Gasteiger partial charge is 0.254 e. The van der Waals surface area contributed by atoms with Gasteiger partial charge in [-0.25, -0.2) is 9.37 Å². The number of halogens is 1. The Kier molecular flexibility index (Phi) is 5.87. The number of rotatable bonds is 7. The molecule has 4 aromatic rings. The average molecular weight is 459 g/mol. The fourth-order valence-corrected chi connectivity index (χ4v) is 4.54. The minimum Gasteiger partial charge on any atom is -0.394 e. The third kappa shape index (κ3) is 4.43. The molecule has 1 aliphatic carbocycles. The first-order valence-corrected chi connectivity index (χ1v) is 11.5. The minimum atomic E-state index is -0.693. The van der Waals surface area contributed by atoms with E-state index in [9.17, 15) is 14.3 Å². The first kappa shape index (κ1) is 22.2. The molecule has 1 N–H and O–H groups in total. The van der Waals surface area contributed by atoms with Crippen molar-refractivity contribution in [3.63, 3.8) is 0 Å². The largest absolute Gasteiger partial charge is 0.394 e. The lowest BCUT2D eigenvalue weighted by atomic mass is 10.00. The Labute approximate surface area is 197 Å². The van der Waals surface area contributed by atoms with E-state index < -0.39 is 11.9 Å². The van der Waals surface area contributed by atoms with Crippen molar-refractivity contribution in [3.8, 4) is 5.69 Å². The number of aromatic nitrogens is 4. The van der Waals surface area contributed by atoms with Crippen LogP contribution in [0.4, 0.5) is 4.39 Å². The number of benzene rings is 1. The van der Waals surface area contributed by atoms with Crippen molar-refractivity contribution in [1.29, 1.82) is 0 Å². The number of hydrogen-bond donors (Lipinski definition) is 1. The second kappa shape index (κ2) is 8.99. The molecule has 3 heterocycles. The van der Waals surface area contributed by atoms with Crippen LogP contribution in [0.2, 0.25) is 0 Å². The van der Waals surface area contributed by atoms with Gasteiger partial charge in [0.1, 0.15) is 5.82 Å². The first-order valence-electron chi connectivity index (χ1n) is 11.5. The fourth-order valence-electron chi connectivity index (χ4n) is 4.54. The highest BCUT2D eigenvalue weighted by molar-refractivity contribution is 5.44. The van der Waals surface area contributed by atoms with Crippen LogP contribution in [0, 0.1) is 19.7 Å². The SMILES string of the molecule is Cc1cn(-c2ccc(Cc3cc(C4CC4)cn([C@@H](CO)c4cncc(F)c4)c3=O)cc2C)cn1. The summed E-state index contributed by atoms with van der Waals surface area (Å²) in [6, 6.07) is 8.80. The van der Waals surface area contributed by atoms with E-state index in [4.69, 9.17) is 0 Å². The molecule has 0 radical (unpaired) electrons. The minimum absolute atomic E-state index is 0.181. The van der Waals surface area contributed by atoms with E-state index in [2.05, 4.69) is 16.0 Å². The summed E-state index contributed by atoms with van der Waals surface area (Å²) in [5.74, 6) is -0.0737. The molecule has 1 fully saturated rings. The van der Waals surface area contributed by atoms with Crippen LogP contribution in [-0.2, 0) is 6.42 Å². The van der Waals surface area contributed by atoms with Gasteiger partial charge in [0, 0.05) is 36.3 Å². The number of aliphatic hydroxyl groups is 1. The van der Waals surface area contributed by atoms with Crippen LogP contribution in [0.3, 0.4) is 0 Å². The highest BCUT2D eigenvalue weighted by Crippen LogP contribution is 2.40. The average Bonchev–Trinajstić information content (AvgIpc) is 3.57. The predicted octanol–water partition coefficient (Wildman–Crippen LogP) is 4.23. The molecular formula is C27H27FN4O2. The van der Waals surface area contributed by atoms with E-state index >= 15 is 0 Å². The van der Waals surface area contributed by atoms with Gasteiger partial charge in [0.15, 0.2) is 0 Å². The van der Waals surface area contributed by atoms with Gasteiger partial charge in [0.25, 0.3) is 5.56 Å². The van der Waals surface area contributed by atoms with Gasteiger partial charge in [0.05, 0.1) is 30.9 Å². The molecule has 6 nitrogen and oxygen atoms in total. The van der Waals surface area contributed by atoms with Crippen molar-refractivity contribution in [2.24, 2.45) is 0 Å². The van der Waals surface area contributed by atoms with E-state index in [1.54, 1.807) is 10.9 Å². The summed E-state index contributed by atoms with van der Waals surface area (Å²) in [6.45, 7) is 3.68. The van der Waals surface area contributed by atoms with E-state index in [0.29, 0.717) is 23.5 Å². The second-order valence-corrected chi connectivity index (χ2v) is 9.14. The number of aliphatic hydroxyl groups excluding tert-OH is 1. The molecule has 1 atom stereocenters. The number of aryl methyl sites for hydroxylation is 2. The zero-order chi connectivity index (χ0) is 23.8. The third-order valence-electron chi connectivity index (χ3n) is 6.45.